The highest BCUT2D eigenvalue weighted by Gasteiger charge is 2.39. The largest absolute Gasteiger partial charge is 0.487 e. The highest BCUT2D eigenvalue weighted by molar-refractivity contribution is 9.10. The van der Waals surface area contributed by atoms with Gasteiger partial charge in [0.1, 0.15) is 11.4 Å². The lowest BCUT2D eigenvalue weighted by Gasteiger charge is -2.41. The Morgan fingerprint density at radius 3 is 2.61 bits per heavy atom. The standard InChI is InChI=1S/C15H21BrO2/c1-3-7-15(8-4-2)10-13(17)12-6-5-11(16)9-14(12)18-15/h5-6,9,13,17H,3-4,7-8,10H2,1-2H3/t13-/m0/s1. The summed E-state index contributed by atoms with van der Waals surface area (Å²) in [7, 11) is 0. The molecule has 0 saturated heterocycles. The molecule has 2 rings (SSSR count). The summed E-state index contributed by atoms with van der Waals surface area (Å²) in [5.41, 5.74) is 0.734. The molecule has 1 aromatic carbocycles. The summed E-state index contributed by atoms with van der Waals surface area (Å²) in [5.74, 6) is 0.838. The summed E-state index contributed by atoms with van der Waals surface area (Å²) in [6, 6.07) is 5.88. The van der Waals surface area contributed by atoms with Crippen molar-refractivity contribution in [2.75, 3.05) is 0 Å². The van der Waals surface area contributed by atoms with Gasteiger partial charge in [-0.05, 0) is 25.0 Å². The van der Waals surface area contributed by atoms with Crippen LogP contribution in [0.15, 0.2) is 22.7 Å². The number of benzene rings is 1. The summed E-state index contributed by atoms with van der Waals surface area (Å²) < 4.78 is 7.26. The molecule has 0 aromatic heterocycles. The molecule has 100 valence electrons. The van der Waals surface area contributed by atoms with Crippen molar-refractivity contribution in [2.45, 2.75) is 57.7 Å². The predicted molar refractivity (Wildman–Crippen MR) is 76.9 cm³/mol. The monoisotopic (exact) mass is 312 g/mol. The number of rotatable bonds is 4. The Morgan fingerprint density at radius 2 is 2.00 bits per heavy atom. The maximum Gasteiger partial charge on any atom is 0.127 e. The molecule has 18 heavy (non-hydrogen) atoms. The van der Waals surface area contributed by atoms with Crippen molar-refractivity contribution in [1.29, 1.82) is 0 Å². The molecule has 1 aliphatic heterocycles. The normalized spacial score (nSPS) is 21.2. The van der Waals surface area contributed by atoms with E-state index in [9.17, 15) is 5.11 Å². The number of fused-ring (bicyclic) bond motifs is 1. The van der Waals surface area contributed by atoms with Crippen LogP contribution in [0.4, 0.5) is 0 Å². The number of aliphatic hydroxyl groups excluding tert-OH is 1. The number of hydrogen-bond acceptors (Lipinski definition) is 2. The molecule has 0 radical (unpaired) electrons. The summed E-state index contributed by atoms with van der Waals surface area (Å²) in [4.78, 5) is 0. The van der Waals surface area contributed by atoms with Gasteiger partial charge in [-0.25, -0.2) is 0 Å². The molecule has 0 spiro atoms. The topological polar surface area (TPSA) is 29.5 Å². The van der Waals surface area contributed by atoms with E-state index in [-0.39, 0.29) is 5.60 Å². The molecule has 2 nitrogen and oxygen atoms in total. The third kappa shape index (κ3) is 2.72. The first kappa shape index (κ1) is 13.9. The number of halogens is 1. The molecule has 0 amide bonds. The van der Waals surface area contributed by atoms with Crippen molar-refractivity contribution in [1.82, 2.24) is 0 Å². The summed E-state index contributed by atoms with van der Waals surface area (Å²) in [6.45, 7) is 4.34. The van der Waals surface area contributed by atoms with E-state index in [4.69, 9.17) is 4.74 Å². The molecule has 0 saturated carbocycles. The Morgan fingerprint density at radius 1 is 1.33 bits per heavy atom. The summed E-state index contributed by atoms with van der Waals surface area (Å²) >= 11 is 3.46. The smallest absolute Gasteiger partial charge is 0.127 e. The molecule has 1 aliphatic rings. The third-order valence-electron chi connectivity index (χ3n) is 3.64. The minimum absolute atomic E-state index is 0.184. The van der Waals surface area contributed by atoms with Gasteiger partial charge in [0.25, 0.3) is 0 Å². The van der Waals surface area contributed by atoms with Crippen LogP contribution in [0.1, 0.15) is 57.6 Å². The Hall–Kier alpha value is -0.540. The molecule has 1 N–H and O–H groups in total. The molecule has 1 aromatic rings. The quantitative estimate of drug-likeness (QED) is 0.880. The van der Waals surface area contributed by atoms with Gasteiger partial charge in [-0.15, -0.1) is 0 Å². The number of ether oxygens (including phenoxy) is 1. The van der Waals surface area contributed by atoms with Crippen LogP contribution < -0.4 is 4.74 Å². The van der Waals surface area contributed by atoms with Crippen molar-refractivity contribution in [2.24, 2.45) is 0 Å². The van der Waals surface area contributed by atoms with Crippen molar-refractivity contribution in [3.8, 4) is 5.75 Å². The molecular formula is C15H21BrO2. The lowest BCUT2D eigenvalue weighted by molar-refractivity contribution is -0.0268. The van der Waals surface area contributed by atoms with E-state index < -0.39 is 6.10 Å². The van der Waals surface area contributed by atoms with Gasteiger partial charge in [0.2, 0.25) is 0 Å². The average Bonchev–Trinajstić information content (AvgIpc) is 2.28. The molecule has 1 atom stereocenters. The van der Waals surface area contributed by atoms with Crippen LogP contribution in [0.25, 0.3) is 0 Å². The first-order valence-electron chi connectivity index (χ1n) is 6.77. The van der Waals surface area contributed by atoms with Crippen LogP contribution in [0.5, 0.6) is 5.75 Å². The zero-order chi connectivity index (χ0) is 13.2. The van der Waals surface area contributed by atoms with E-state index >= 15 is 0 Å². The first-order chi connectivity index (χ1) is 8.60. The maximum atomic E-state index is 10.3. The Labute approximate surface area is 117 Å². The zero-order valence-electron chi connectivity index (χ0n) is 11.1. The van der Waals surface area contributed by atoms with Crippen LogP contribution in [-0.4, -0.2) is 10.7 Å². The average molecular weight is 313 g/mol. The fourth-order valence-electron chi connectivity index (χ4n) is 2.95. The van der Waals surface area contributed by atoms with Crippen LogP contribution in [0.3, 0.4) is 0 Å². The van der Waals surface area contributed by atoms with E-state index in [0.29, 0.717) is 6.42 Å². The molecule has 0 aliphatic carbocycles. The van der Waals surface area contributed by atoms with Crippen molar-refractivity contribution < 1.29 is 9.84 Å². The lowest BCUT2D eigenvalue weighted by Crippen LogP contribution is -2.41. The van der Waals surface area contributed by atoms with Crippen LogP contribution in [0.2, 0.25) is 0 Å². The van der Waals surface area contributed by atoms with Crippen LogP contribution >= 0.6 is 15.9 Å². The highest BCUT2D eigenvalue weighted by Crippen LogP contribution is 2.44. The van der Waals surface area contributed by atoms with Gasteiger partial charge in [-0.1, -0.05) is 48.7 Å². The molecule has 0 fully saturated rings. The fourth-order valence-corrected chi connectivity index (χ4v) is 3.29. The maximum absolute atomic E-state index is 10.3. The van der Waals surface area contributed by atoms with Crippen molar-refractivity contribution in [3.63, 3.8) is 0 Å². The second kappa shape index (κ2) is 5.62. The fraction of sp³-hybridized carbons (Fsp3) is 0.600. The van der Waals surface area contributed by atoms with Gasteiger partial charge in [0.05, 0.1) is 6.10 Å². The second-order valence-electron chi connectivity index (χ2n) is 5.19. The Balaban J connectivity index is 2.34. The number of hydrogen-bond donors (Lipinski definition) is 1. The minimum atomic E-state index is -0.403. The summed E-state index contributed by atoms with van der Waals surface area (Å²) in [6.07, 6.45) is 4.48. The van der Waals surface area contributed by atoms with E-state index in [1.54, 1.807) is 0 Å². The van der Waals surface area contributed by atoms with E-state index in [0.717, 1.165) is 41.5 Å². The van der Waals surface area contributed by atoms with Gasteiger partial charge < -0.3 is 9.84 Å². The second-order valence-corrected chi connectivity index (χ2v) is 6.10. The van der Waals surface area contributed by atoms with Crippen molar-refractivity contribution in [3.05, 3.63) is 28.2 Å². The Kier molecular flexibility index (Phi) is 4.33. The zero-order valence-corrected chi connectivity index (χ0v) is 12.7. The molecular weight excluding hydrogens is 292 g/mol. The van der Waals surface area contributed by atoms with Crippen LogP contribution in [-0.2, 0) is 0 Å². The molecule has 0 unspecified atom stereocenters. The van der Waals surface area contributed by atoms with Crippen LogP contribution in [0, 0.1) is 0 Å². The summed E-state index contributed by atoms with van der Waals surface area (Å²) in [5, 5.41) is 10.3. The van der Waals surface area contributed by atoms with Gasteiger partial charge in [-0.3, -0.25) is 0 Å². The molecule has 0 bridgehead atoms. The lowest BCUT2D eigenvalue weighted by atomic mass is 9.82. The van der Waals surface area contributed by atoms with Gasteiger partial charge >= 0.3 is 0 Å². The van der Waals surface area contributed by atoms with Gasteiger partial charge in [-0.2, -0.15) is 0 Å². The number of aliphatic hydroxyl groups is 1. The Bertz CT molecular complexity index is 411. The molecule has 1 heterocycles. The van der Waals surface area contributed by atoms with E-state index in [1.807, 2.05) is 18.2 Å². The van der Waals surface area contributed by atoms with E-state index in [1.165, 1.54) is 0 Å². The van der Waals surface area contributed by atoms with Gasteiger partial charge in [0.15, 0.2) is 0 Å². The van der Waals surface area contributed by atoms with Gasteiger partial charge in [0, 0.05) is 16.5 Å². The highest BCUT2D eigenvalue weighted by atomic mass is 79.9. The third-order valence-corrected chi connectivity index (χ3v) is 4.13. The van der Waals surface area contributed by atoms with E-state index in [2.05, 4.69) is 29.8 Å². The SMILES string of the molecule is CCCC1(CCC)C[C@H](O)c2ccc(Br)cc2O1. The first-order valence-corrected chi connectivity index (χ1v) is 7.56. The van der Waals surface area contributed by atoms with Crippen molar-refractivity contribution >= 4 is 15.9 Å². The molecule has 3 heteroatoms. The predicted octanol–water partition coefficient (Wildman–Crippen LogP) is 4.60. The minimum Gasteiger partial charge on any atom is -0.487 e.